The molecule has 1 amide bonds. The van der Waals surface area contributed by atoms with Gasteiger partial charge in [-0.3, -0.25) is 14.6 Å². The summed E-state index contributed by atoms with van der Waals surface area (Å²) in [6, 6.07) is 15.0. The van der Waals surface area contributed by atoms with Gasteiger partial charge in [0.1, 0.15) is 17.7 Å². The average Bonchev–Trinajstić information content (AvgIpc) is 2.86. The Morgan fingerprint density at radius 1 is 1.03 bits per heavy atom. The lowest BCUT2D eigenvalue weighted by Gasteiger charge is -2.29. The number of benzene rings is 3. The molecule has 0 aliphatic carbocycles. The van der Waals surface area contributed by atoms with Crippen LogP contribution in [-0.2, 0) is 13.0 Å². The number of H-pyrrole nitrogens is 1. The molecule has 3 aromatic carbocycles. The number of nitrogens with one attached hydrogen (secondary N) is 1. The lowest BCUT2D eigenvalue weighted by atomic mass is 9.99. The summed E-state index contributed by atoms with van der Waals surface area (Å²) in [5.41, 5.74) is 1.17. The molecule has 0 bridgehead atoms. The van der Waals surface area contributed by atoms with Crippen LogP contribution in [0.25, 0.3) is 5.69 Å². The van der Waals surface area contributed by atoms with Gasteiger partial charge in [0, 0.05) is 13.1 Å². The van der Waals surface area contributed by atoms with Crippen molar-refractivity contribution in [2.24, 2.45) is 0 Å². The van der Waals surface area contributed by atoms with Crippen molar-refractivity contribution in [2.45, 2.75) is 13.0 Å². The van der Waals surface area contributed by atoms with E-state index in [-0.39, 0.29) is 44.5 Å². The van der Waals surface area contributed by atoms with Crippen molar-refractivity contribution in [1.29, 1.82) is 0 Å². The van der Waals surface area contributed by atoms with Crippen LogP contribution in [0.2, 0.25) is 10.0 Å². The zero-order valence-electron chi connectivity index (χ0n) is 18.6. The van der Waals surface area contributed by atoms with E-state index in [1.54, 1.807) is 4.90 Å². The molecule has 0 saturated heterocycles. The van der Waals surface area contributed by atoms with Gasteiger partial charge in [0.2, 0.25) is 0 Å². The molecule has 36 heavy (non-hydrogen) atoms. The molecule has 1 aliphatic heterocycles. The molecular weight excluding hydrogens is 507 g/mol. The van der Waals surface area contributed by atoms with Crippen molar-refractivity contribution >= 4 is 29.1 Å². The molecule has 2 N–H and O–H groups in total. The zero-order valence-corrected chi connectivity index (χ0v) is 20.1. The van der Waals surface area contributed by atoms with Gasteiger partial charge >= 0.3 is 5.69 Å². The second kappa shape index (κ2) is 9.52. The van der Waals surface area contributed by atoms with Crippen LogP contribution in [0.3, 0.4) is 0 Å². The molecule has 4 aromatic rings. The van der Waals surface area contributed by atoms with E-state index in [1.807, 2.05) is 24.3 Å². The van der Waals surface area contributed by atoms with Crippen molar-refractivity contribution < 1.29 is 14.6 Å². The molecule has 11 heteroatoms. The molecule has 9 nitrogen and oxygen atoms in total. The Kier molecular flexibility index (Phi) is 6.26. The van der Waals surface area contributed by atoms with Crippen molar-refractivity contribution in [3.8, 4) is 22.9 Å². The largest absolute Gasteiger partial charge is 0.507 e. The number of nitrogens with zero attached hydrogens (tertiary/aromatic N) is 3. The van der Waals surface area contributed by atoms with Gasteiger partial charge in [-0.25, -0.2) is 4.79 Å². The Bertz CT molecular complexity index is 1590. The topological polar surface area (TPSA) is 118 Å². The molecule has 182 valence electrons. The maximum atomic E-state index is 13.2. The number of carbonyl (C=O) groups excluding carboxylic acids is 1. The molecule has 0 unspecified atom stereocenters. The maximum absolute atomic E-state index is 13.2. The van der Waals surface area contributed by atoms with E-state index in [4.69, 9.17) is 27.9 Å². The quantitative estimate of drug-likeness (QED) is 0.417. The van der Waals surface area contributed by atoms with Gasteiger partial charge in [-0.2, -0.15) is 9.78 Å². The summed E-state index contributed by atoms with van der Waals surface area (Å²) in [5, 5.41) is 14.3. The highest BCUT2D eigenvalue weighted by molar-refractivity contribution is 6.37. The molecule has 0 radical (unpaired) electrons. The number of fused-ring (bicyclic) bond motifs is 1. The van der Waals surface area contributed by atoms with E-state index < -0.39 is 11.2 Å². The summed E-state index contributed by atoms with van der Waals surface area (Å²) >= 11 is 12.7. The van der Waals surface area contributed by atoms with Crippen molar-refractivity contribution in [2.75, 3.05) is 6.54 Å². The number of aromatic hydroxyl groups is 1. The van der Waals surface area contributed by atoms with Gasteiger partial charge in [0.15, 0.2) is 5.75 Å². The third-order valence-electron chi connectivity index (χ3n) is 5.78. The van der Waals surface area contributed by atoms with Crippen molar-refractivity contribution in [3.05, 3.63) is 108 Å². The number of hydrogen-bond acceptors (Lipinski definition) is 6. The standard InChI is InChI=1S/C25H18Cl2N4O5/c26-19-9-16(31-25(35)29-22(33)12-28-31)10-20(27)23(19)36-17-5-6-21(32)18(11-17)24(34)30-8-7-14-3-1-2-4-15(14)13-30/h1-6,9-12,32H,7-8,13H2,(H,29,33,35). The van der Waals surface area contributed by atoms with E-state index in [9.17, 15) is 19.5 Å². The highest BCUT2D eigenvalue weighted by Gasteiger charge is 2.24. The SMILES string of the molecule is O=C(c1cc(Oc2c(Cl)cc(-n3ncc(=O)[nH]c3=O)cc2Cl)ccc1O)N1CCc2ccccc2C1. The lowest BCUT2D eigenvalue weighted by Crippen LogP contribution is -2.35. The van der Waals surface area contributed by atoms with Crippen LogP contribution in [0.4, 0.5) is 0 Å². The van der Waals surface area contributed by atoms with Crippen LogP contribution < -0.4 is 16.0 Å². The van der Waals surface area contributed by atoms with Crippen molar-refractivity contribution in [1.82, 2.24) is 19.7 Å². The fraction of sp³-hybridized carbons (Fsp3) is 0.120. The number of halogens is 2. The fourth-order valence-electron chi connectivity index (χ4n) is 4.01. The first-order chi connectivity index (χ1) is 17.3. The van der Waals surface area contributed by atoms with E-state index in [1.165, 1.54) is 35.9 Å². The maximum Gasteiger partial charge on any atom is 0.349 e. The van der Waals surface area contributed by atoms with E-state index in [0.717, 1.165) is 22.9 Å². The third-order valence-corrected chi connectivity index (χ3v) is 6.34. The Labute approximate surface area is 214 Å². The number of hydrogen-bond donors (Lipinski definition) is 2. The molecule has 1 aliphatic rings. The normalized spacial score (nSPS) is 12.8. The predicted octanol–water partition coefficient (Wildman–Crippen LogP) is 3.92. The lowest BCUT2D eigenvalue weighted by molar-refractivity contribution is 0.0731. The number of aromatic amines is 1. The number of phenolic OH excluding ortho intramolecular Hbond substituents is 1. The van der Waals surface area contributed by atoms with Crippen LogP contribution >= 0.6 is 23.2 Å². The summed E-state index contributed by atoms with van der Waals surface area (Å²) in [6.45, 7) is 0.967. The summed E-state index contributed by atoms with van der Waals surface area (Å²) in [4.78, 5) is 40.3. The smallest absolute Gasteiger partial charge is 0.349 e. The Morgan fingerprint density at radius 3 is 2.47 bits per heavy atom. The Hall–Kier alpha value is -4.08. The number of amides is 1. The summed E-state index contributed by atoms with van der Waals surface area (Å²) in [7, 11) is 0. The number of phenols is 1. The fourth-order valence-corrected chi connectivity index (χ4v) is 4.56. The van der Waals surface area contributed by atoms with E-state index >= 15 is 0 Å². The van der Waals surface area contributed by atoms with E-state index in [0.29, 0.717) is 13.1 Å². The molecule has 0 fully saturated rings. The molecule has 0 atom stereocenters. The van der Waals surface area contributed by atoms with Gasteiger partial charge < -0.3 is 14.7 Å². The molecule has 0 saturated carbocycles. The minimum absolute atomic E-state index is 0.0611. The van der Waals surface area contributed by atoms with Gasteiger partial charge in [0.05, 0.1) is 21.3 Å². The van der Waals surface area contributed by atoms with Crippen LogP contribution in [-0.4, -0.2) is 37.2 Å². The minimum atomic E-state index is -0.759. The number of carbonyl (C=O) groups is 1. The molecular formula is C25H18Cl2N4O5. The van der Waals surface area contributed by atoms with Gasteiger partial charge in [-0.05, 0) is 47.9 Å². The zero-order chi connectivity index (χ0) is 25.4. The Morgan fingerprint density at radius 2 is 1.75 bits per heavy atom. The molecule has 1 aromatic heterocycles. The summed E-state index contributed by atoms with van der Waals surface area (Å²) in [5.74, 6) is -0.203. The number of ether oxygens (including phenoxy) is 1. The Balaban J connectivity index is 1.41. The monoisotopic (exact) mass is 524 g/mol. The number of aromatic nitrogens is 3. The van der Waals surface area contributed by atoms with Crippen LogP contribution in [0.15, 0.2) is 70.4 Å². The number of rotatable bonds is 4. The van der Waals surface area contributed by atoms with Gasteiger partial charge in [-0.1, -0.05) is 47.5 Å². The van der Waals surface area contributed by atoms with Crippen LogP contribution in [0, 0.1) is 0 Å². The average molecular weight is 525 g/mol. The van der Waals surface area contributed by atoms with Crippen LogP contribution in [0.1, 0.15) is 21.5 Å². The first kappa shape index (κ1) is 23.7. The first-order valence-corrected chi connectivity index (χ1v) is 11.6. The third kappa shape index (κ3) is 4.58. The van der Waals surface area contributed by atoms with Gasteiger partial charge in [-0.15, -0.1) is 0 Å². The first-order valence-electron chi connectivity index (χ1n) is 10.8. The summed E-state index contributed by atoms with van der Waals surface area (Å²) in [6.07, 6.45) is 1.67. The second-order valence-corrected chi connectivity index (χ2v) is 8.93. The van der Waals surface area contributed by atoms with Crippen molar-refractivity contribution in [3.63, 3.8) is 0 Å². The highest BCUT2D eigenvalue weighted by atomic mass is 35.5. The summed E-state index contributed by atoms with van der Waals surface area (Å²) < 4.78 is 6.79. The second-order valence-electron chi connectivity index (χ2n) is 8.12. The highest BCUT2D eigenvalue weighted by Crippen LogP contribution is 2.39. The van der Waals surface area contributed by atoms with Crippen LogP contribution in [0.5, 0.6) is 17.2 Å². The molecule has 0 spiro atoms. The molecule has 2 heterocycles. The van der Waals surface area contributed by atoms with Gasteiger partial charge in [0.25, 0.3) is 11.5 Å². The van der Waals surface area contributed by atoms with E-state index in [2.05, 4.69) is 10.1 Å². The molecule has 5 rings (SSSR count). The predicted molar refractivity (Wildman–Crippen MR) is 134 cm³/mol. The minimum Gasteiger partial charge on any atom is -0.507 e.